The number of nitrogens with two attached hydrogens (primary N) is 1. The molecule has 1 saturated heterocycles. The fourth-order valence-electron chi connectivity index (χ4n) is 3.50. The Morgan fingerprint density at radius 1 is 1.22 bits per heavy atom. The van der Waals surface area contributed by atoms with E-state index in [0.717, 1.165) is 49.9 Å². The second-order valence-corrected chi connectivity index (χ2v) is 6.49. The Hall–Kier alpha value is -2.21. The molecule has 120 valence electrons. The van der Waals surface area contributed by atoms with Crippen LogP contribution in [0.2, 0.25) is 0 Å². The van der Waals surface area contributed by atoms with Crippen LogP contribution in [0.5, 0.6) is 0 Å². The van der Waals surface area contributed by atoms with Crippen molar-refractivity contribution in [2.24, 2.45) is 5.73 Å². The Morgan fingerprint density at radius 3 is 2.78 bits per heavy atom. The van der Waals surface area contributed by atoms with Gasteiger partial charge < -0.3 is 15.2 Å². The number of carbonyl (C=O) groups is 1. The molecule has 0 bridgehead atoms. The zero-order valence-electron chi connectivity index (χ0n) is 13.0. The number of nitrogens with zero attached hydrogens (tertiary/aromatic N) is 3. The van der Waals surface area contributed by atoms with E-state index in [-0.39, 0.29) is 5.91 Å². The number of hydrogen-bond acceptors (Lipinski definition) is 5. The lowest BCUT2D eigenvalue weighted by atomic mass is 9.99. The van der Waals surface area contributed by atoms with E-state index in [1.807, 2.05) is 29.2 Å². The number of benzene rings is 1. The Balaban J connectivity index is 1.63. The molecule has 2 aliphatic rings. The van der Waals surface area contributed by atoms with E-state index in [2.05, 4.69) is 10.1 Å². The van der Waals surface area contributed by atoms with Crippen LogP contribution in [0.15, 0.2) is 28.8 Å². The summed E-state index contributed by atoms with van der Waals surface area (Å²) in [6, 6.07) is 7.69. The van der Waals surface area contributed by atoms with Gasteiger partial charge in [-0.3, -0.25) is 4.79 Å². The van der Waals surface area contributed by atoms with Crippen LogP contribution in [0.25, 0.3) is 11.5 Å². The molecule has 1 saturated carbocycles. The maximum Gasteiger partial charge on any atom is 0.258 e. The van der Waals surface area contributed by atoms with E-state index in [4.69, 9.17) is 10.3 Å². The summed E-state index contributed by atoms with van der Waals surface area (Å²) in [5.41, 5.74) is 7.63. The molecule has 1 aromatic carbocycles. The maximum atomic E-state index is 11.9. The standard InChI is InChI=1S/C17H20N4O2/c18-17(8-1-2-9-17)16-19-15(23-20-16)12-5-3-6-13(11-12)21-10-4-7-14(21)22/h3,5-6,11H,1-2,4,7-10,18H2. The van der Waals surface area contributed by atoms with Crippen LogP contribution in [0.1, 0.15) is 44.3 Å². The van der Waals surface area contributed by atoms with Gasteiger partial charge in [-0.05, 0) is 37.5 Å². The van der Waals surface area contributed by atoms with Crippen LogP contribution in [-0.4, -0.2) is 22.6 Å². The summed E-state index contributed by atoms with van der Waals surface area (Å²) in [7, 11) is 0. The highest BCUT2D eigenvalue weighted by molar-refractivity contribution is 5.95. The summed E-state index contributed by atoms with van der Waals surface area (Å²) >= 11 is 0. The predicted molar refractivity (Wildman–Crippen MR) is 85.7 cm³/mol. The highest BCUT2D eigenvalue weighted by atomic mass is 16.5. The Kier molecular flexibility index (Phi) is 3.41. The Bertz CT molecular complexity index is 734. The predicted octanol–water partition coefficient (Wildman–Crippen LogP) is 2.59. The van der Waals surface area contributed by atoms with E-state index < -0.39 is 5.54 Å². The molecule has 6 heteroatoms. The molecule has 23 heavy (non-hydrogen) atoms. The first kappa shape index (κ1) is 14.4. The van der Waals surface area contributed by atoms with Crippen molar-refractivity contribution < 1.29 is 9.32 Å². The molecule has 0 spiro atoms. The van der Waals surface area contributed by atoms with Crippen LogP contribution in [0, 0.1) is 0 Å². The van der Waals surface area contributed by atoms with Crippen LogP contribution in [-0.2, 0) is 10.3 Å². The molecule has 2 N–H and O–H groups in total. The van der Waals surface area contributed by atoms with Gasteiger partial charge in [-0.1, -0.05) is 24.1 Å². The van der Waals surface area contributed by atoms with Crippen molar-refractivity contribution in [1.82, 2.24) is 10.1 Å². The number of amides is 1. The largest absolute Gasteiger partial charge is 0.334 e. The number of anilines is 1. The van der Waals surface area contributed by atoms with Gasteiger partial charge in [0.1, 0.15) is 0 Å². The zero-order chi connectivity index (χ0) is 15.9. The average Bonchev–Trinajstić information content (AvgIpc) is 3.28. The second-order valence-electron chi connectivity index (χ2n) is 6.49. The summed E-state index contributed by atoms with van der Waals surface area (Å²) in [4.78, 5) is 18.2. The zero-order valence-corrected chi connectivity index (χ0v) is 13.0. The summed E-state index contributed by atoms with van der Waals surface area (Å²) in [5.74, 6) is 1.22. The third-order valence-corrected chi connectivity index (χ3v) is 4.85. The topological polar surface area (TPSA) is 85.2 Å². The summed E-state index contributed by atoms with van der Waals surface area (Å²) in [5, 5.41) is 4.10. The van der Waals surface area contributed by atoms with Gasteiger partial charge >= 0.3 is 0 Å². The quantitative estimate of drug-likeness (QED) is 0.941. The van der Waals surface area contributed by atoms with Crippen molar-refractivity contribution in [2.45, 2.75) is 44.1 Å². The Morgan fingerprint density at radius 2 is 2.04 bits per heavy atom. The van der Waals surface area contributed by atoms with Gasteiger partial charge in [0.05, 0.1) is 5.54 Å². The van der Waals surface area contributed by atoms with E-state index in [0.29, 0.717) is 18.1 Å². The van der Waals surface area contributed by atoms with Crippen molar-refractivity contribution >= 4 is 11.6 Å². The van der Waals surface area contributed by atoms with Gasteiger partial charge in [0.15, 0.2) is 5.82 Å². The van der Waals surface area contributed by atoms with Crippen LogP contribution in [0.3, 0.4) is 0 Å². The summed E-state index contributed by atoms with van der Waals surface area (Å²) < 4.78 is 5.43. The molecule has 2 heterocycles. The normalized spacial score (nSPS) is 20.4. The number of carbonyl (C=O) groups excluding carboxylic acids is 1. The molecule has 0 atom stereocenters. The minimum atomic E-state index is -0.454. The lowest BCUT2D eigenvalue weighted by Gasteiger charge is -2.17. The minimum Gasteiger partial charge on any atom is -0.334 e. The smallest absolute Gasteiger partial charge is 0.258 e. The third-order valence-electron chi connectivity index (χ3n) is 4.85. The monoisotopic (exact) mass is 312 g/mol. The van der Waals surface area contributed by atoms with Crippen LogP contribution in [0.4, 0.5) is 5.69 Å². The fourth-order valence-corrected chi connectivity index (χ4v) is 3.50. The first-order chi connectivity index (χ1) is 11.2. The van der Waals surface area contributed by atoms with Crippen molar-refractivity contribution in [2.75, 3.05) is 11.4 Å². The van der Waals surface area contributed by atoms with Gasteiger partial charge in [-0.15, -0.1) is 0 Å². The summed E-state index contributed by atoms with van der Waals surface area (Å²) in [6.45, 7) is 0.767. The molecule has 2 aromatic rings. The van der Waals surface area contributed by atoms with Crippen LogP contribution < -0.4 is 10.6 Å². The molecule has 1 aromatic heterocycles. The number of hydrogen-bond donors (Lipinski definition) is 1. The molecular weight excluding hydrogens is 292 g/mol. The van der Waals surface area contributed by atoms with E-state index in [1.165, 1.54) is 0 Å². The van der Waals surface area contributed by atoms with E-state index in [9.17, 15) is 4.79 Å². The van der Waals surface area contributed by atoms with E-state index >= 15 is 0 Å². The molecule has 6 nitrogen and oxygen atoms in total. The van der Waals surface area contributed by atoms with Crippen molar-refractivity contribution in [3.05, 3.63) is 30.1 Å². The third kappa shape index (κ3) is 2.53. The van der Waals surface area contributed by atoms with Crippen LogP contribution >= 0.6 is 0 Å². The van der Waals surface area contributed by atoms with Crippen molar-refractivity contribution in [1.29, 1.82) is 0 Å². The number of rotatable bonds is 3. The van der Waals surface area contributed by atoms with Crippen molar-refractivity contribution in [3.8, 4) is 11.5 Å². The highest BCUT2D eigenvalue weighted by Gasteiger charge is 2.36. The van der Waals surface area contributed by atoms with Gasteiger partial charge in [-0.25, -0.2) is 0 Å². The van der Waals surface area contributed by atoms with Gasteiger partial charge in [-0.2, -0.15) is 4.98 Å². The second kappa shape index (κ2) is 5.45. The molecular formula is C17H20N4O2. The van der Waals surface area contributed by atoms with Gasteiger partial charge in [0.2, 0.25) is 5.91 Å². The maximum absolute atomic E-state index is 11.9. The van der Waals surface area contributed by atoms with Gasteiger partial charge in [0, 0.05) is 24.2 Å². The Labute approximate surface area is 134 Å². The molecule has 1 amide bonds. The number of aromatic nitrogens is 2. The average molecular weight is 312 g/mol. The summed E-state index contributed by atoms with van der Waals surface area (Å²) in [6.07, 6.45) is 5.52. The molecule has 2 fully saturated rings. The lowest BCUT2D eigenvalue weighted by Crippen LogP contribution is -2.34. The first-order valence-corrected chi connectivity index (χ1v) is 8.20. The lowest BCUT2D eigenvalue weighted by molar-refractivity contribution is -0.117. The first-order valence-electron chi connectivity index (χ1n) is 8.20. The molecule has 1 aliphatic heterocycles. The van der Waals surface area contributed by atoms with Crippen molar-refractivity contribution in [3.63, 3.8) is 0 Å². The minimum absolute atomic E-state index is 0.167. The highest BCUT2D eigenvalue weighted by Crippen LogP contribution is 2.35. The SMILES string of the molecule is NC1(c2noc(-c3cccc(N4CCCC4=O)c3)n2)CCCC1. The molecule has 1 aliphatic carbocycles. The van der Waals surface area contributed by atoms with E-state index in [1.54, 1.807) is 0 Å². The van der Waals surface area contributed by atoms with Gasteiger partial charge in [0.25, 0.3) is 5.89 Å². The molecule has 0 radical (unpaired) electrons. The molecule has 0 unspecified atom stereocenters. The molecule has 4 rings (SSSR count). The fraction of sp³-hybridized carbons (Fsp3) is 0.471.